The van der Waals surface area contributed by atoms with Crippen LogP contribution < -0.4 is 25.9 Å². The maximum absolute atomic E-state index is 12.3. The van der Waals surface area contributed by atoms with Gasteiger partial charge in [0.15, 0.2) is 5.78 Å². The zero-order valence-corrected chi connectivity index (χ0v) is 45.8. The molecule has 18 heteroatoms. The van der Waals surface area contributed by atoms with Crippen LogP contribution in [-0.4, -0.2) is 118 Å². The summed E-state index contributed by atoms with van der Waals surface area (Å²) < 4.78 is 10.1. The molecule has 3 aromatic rings. The number of nitrogens with zero attached hydrogens (tertiary/aromatic N) is 6. The normalized spacial score (nSPS) is 15.4. The minimum absolute atomic E-state index is 0.0878. The first-order valence-corrected chi connectivity index (χ1v) is 27.1. The van der Waals surface area contributed by atoms with Crippen molar-refractivity contribution in [3.63, 3.8) is 0 Å². The number of carbonyl (C=O) groups excluding carboxylic acids is 3. The van der Waals surface area contributed by atoms with E-state index in [0.29, 0.717) is 32.6 Å². The fraction of sp³-hybridized carbons (Fsp3) is 0.500. The Morgan fingerprint density at radius 2 is 1.09 bits per heavy atom. The summed E-state index contributed by atoms with van der Waals surface area (Å²) in [5.74, 6) is -2.32. The molecule has 0 radical (unpaired) electrons. The first-order chi connectivity index (χ1) is 37.5. The van der Waals surface area contributed by atoms with Crippen molar-refractivity contribution in [2.24, 2.45) is 5.73 Å². The molecule has 0 unspecified atom stereocenters. The molecule has 5 N–H and O–H groups in total. The van der Waals surface area contributed by atoms with Gasteiger partial charge in [-0.3, -0.25) is 14.4 Å². The number of hydrogen-bond donors (Lipinski definition) is 4. The SMILES string of the molecule is CC(C)(C)OC(=O)NOCCN.CCOCCCC(=O)/C(C#N)=C/c1cc2c3c(c1)CCCN3CCC2.N#C/C(=C\c1cc2c3c(c1)CCCN3CCC2)C(=O)O.O=Cc1cc2c3c(c1)CCCN3CCC2.[C-]#[N+]CC(=O)O. The van der Waals surface area contributed by atoms with E-state index in [9.17, 15) is 29.2 Å². The van der Waals surface area contributed by atoms with E-state index in [1.165, 1.54) is 95.3 Å². The Kier molecular flexibility index (Phi) is 24.4. The van der Waals surface area contributed by atoms with E-state index >= 15 is 0 Å². The van der Waals surface area contributed by atoms with Gasteiger partial charge in [0.2, 0.25) is 0 Å². The number of nitrogens with one attached hydrogen (secondary N) is 1. The van der Waals surface area contributed by atoms with E-state index in [1.807, 2.05) is 19.1 Å². The van der Waals surface area contributed by atoms with Crippen LogP contribution in [0.5, 0.6) is 0 Å². The second-order valence-electron chi connectivity index (χ2n) is 20.6. The largest absolute Gasteiger partial charge is 0.477 e. The number of aldehydes is 1. The van der Waals surface area contributed by atoms with Gasteiger partial charge in [-0.2, -0.15) is 16.0 Å². The molecule has 3 aromatic carbocycles. The van der Waals surface area contributed by atoms with Crippen molar-refractivity contribution in [2.75, 3.05) is 86.9 Å². The molecule has 6 heterocycles. The number of allylic oxidation sites excluding steroid dienone is 1. The number of carbonyl (C=O) groups is 5. The molecule has 18 nitrogen and oxygen atoms in total. The van der Waals surface area contributed by atoms with Gasteiger partial charge in [-0.25, -0.2) is 21.0 Å². The molecule has 0 fully saturated rings. The number of nitriles is 2. The van der Waals surface area contributed by atoms with Crippen molar-refractivity contribution < 1.29 is 48.5 Å². The molecule has 416 valence electrons. The minimum atomic E-state index is -1.17. The molecule has 78 heavy (non-hydrogen) atoms. The Hall–Kier alpha value is -7.56. The van der Waals surface area contributed by atoms with Crippen molar-refractivity contribution in [1.29, 1.82) is 10.5 Å². The highest BCUT2D eigenvalue weighted by atomic mass is 16.7. The highest BCUT2D eigenvalue weighted by Gasteiger charge is 2.27. The van der Waals surface area contributed by atoms with Gasteiger partial charge >= 0.3 is 24.6 Å². The quantitative estimate of drug-likeness (QED) is 0.0294. The number of anilines is 3. The third kappa shape index (κ3) is 18.6. The van der Waals surface area contributed by atoms with Crippen molar-refractivity contribution in [3.05, 3.63) is 109 Å². The highest BCUT2D eigenvalue weighted by Crippen LogP contribution is 2.39. The Balaban J connectivity index is 0.000000191. The molecular weight excluding hydrogens is 993 g/mol. The number of ether oxygens (including phenoxy) is 2. The van der Waals surface area contributed by atoms with Gasteiger partial charge in [-0.05, 0) is 204 Å². The van der Waals surface area contributed by atoms with E-state index in [0.717, 1.165) is 101 Å². The van der Waals surface area contributed by atoms with Crippen LogP contribution in [0, 0.1) is 29.2 Å². The molecule has 0 bridgehead atoms. The first kappa shape index (κ1) is 61.3. The number of hydroxylamine groups is 1. The minimum Gasteiger partial charge on any atom is -0.477 e. The molecule has 0 saturated heterocycles. The summed E-state index contributed by atoms with van der Waals surface area (Å²) in [4.78, 5) is 69.0. The zero-order chi connectivity index (χ0) is 56.6. The van der Waals surface area contributed by atoms with E-state index in [1.54, 1.807) is 32.9 Å². The number of amides is 1. The first-order valence-electron chi connectivity index (χ1n) is 27.1. The van der Waals surface area contributed by atoms with Gasteiger partial charge < -0.3 is 45.0 Å². The van der Waals surface area contributed by atoms with Crippen LogP contribution in [0.1, 0.15) is 134 Å². The number of aliphatic carboxylic acids is 2. The van der Waals surface area contributed by atoms with Crippen molar-refractivity contribution in [1.82, 2.24) is 5.48 Å². The smallest absolute Gasteiger partial charge is 0.431 e. The van der Waals surface area contributed by atoms with Gasteiger partial charge in [0.25, 0.3) is 0 Å². The van der Waals surface area contributed by atoms with Crippen LogP contribution in [0.25, 0.3) is 17.0 Å². The number of benzene rings is 3. The molecule has 6 aliphatic heterocycles. The van der Waals surface area contributed by atoms with E-state index in [4.69, 9.17) is 37.3 Å². The number of ketones is 1. The van der Waals surface area contributed by atoms with Crippen molar-refractivity contribution >= 4 is 59.3 Å². The Labute approximate surface area is 459 Å². The second kappa shape index (κ2) is 31.0. The number of aryl methyl sites for hydroxylation is 6. The van der Waals surface area contributed by atoms with Crippen LogP contribution in [0.2, 0.25) is 0 Å². The molecule has 9 rings (SSSR count). The van der Waals surface area contributed by atoms with Gasteiger partial charge in [0.05, 0.1) is 12.2 Å². The summed E-state index contributed by atoms with van der Waals surface area (Å²) in [6.07, 6.45) is 18.3. The third-order valence-electron chi connectivity index (χ3n) is 13.5. The monoisotopic (exact) mass is 1070 g/mol. The predicted molar refractivity (Wildman–Crippen MR) is 300 cm³/mol. The van der Waals surface area contributed by atoms with Crippen LogP contribution >= 0.6 is 0 Å². The Morgan fingerprint density at radius 1 is 0.692 bits per heavy atom. The molecule has 1 amide bonds. The summed E-state index contributed by atoms with van der Waals surface area (Å²) in [5.41, 5.74) is 21.8. The van der Waals surface area contributed by atoms with E-state index in [2.05, 4.69) is 60.2 Å². The predicted octanol–water partition coefficient (Wildman–Crippen LogP) is 8.64. The number of carboxylic acid groups (broad SMARTS) is 2. The standard InChI is InChI=1S/C21H26N2O2.C16H16N2O2.C13H15NO.C7H16N2O3.C3H3NO2/c1-2-25-11-5-8-20(24)19(15-22)14-16-12-17-6-3-9-23-10-4-7-18(13-16)21(17)23;17-10-14(16(19)20)9-11-7-12-3-1-5-18-6-2-4-13(8-11)15(12)18;15-9-10-7-11-3-1-5-14-6-2-4-12(8-10)13(11)14;1-7(2,3)12-6(10)9-11-5-4-8;1-4-2-3(5)6/h12-14H,2-11H2,1H3;7-9H,1-6H2,(H,19,20);7-9H,1-6H2;4-5,8H2,1-3H3,(H,9,10);2H2,(H,5,6)/b19-14+;14-9+;;;. The van der Waals surface area contributed by atoms with Crippen LogP contribution in [0.4, 0.5) is 21.9 Å². The number of nitrogens with two attached hydrogens (primary N) is 1. The number of rotatable bonds is 14. The average molecular weight is 1070 g/mol. The van der Waals surface area contributed by atoms with Crippen molar-refractivity contribution in [2.45, 2.75) is 123 Å². The molecule has 0 aromatic heterocycles. The summed E-state index contributed by atoms with van der Waals surface area (Å²) in [6.45, 7) is 21.6. The highest BCUT2D eigenvalue weighted by molar-refractivity contribution is 6.03. The Morgan fingerprint density at radius 3 is 1.40 bits per heavy atom. The van der Waals surface area contributed by atoms with Gasteiger partial charge in [0.1, 0.15) is 29.6 Å². The molecule has 0 saturated carbocycles. The number of Topliss-reactive ketones (excluding diaryl/α,β-unsaturated/α-hetero) is 1. The lowest BCUT2D eigenvalue weighted by Gasteiger charge is -2.37. The molecule has 0 atom stereocenters. The summed E-state index contributed by atoms with van der Waals surface area (Å²) >= 11 is 0. The maximum Gasteiger partial charge on any atom is 0.431 e. The average Bonchev–Trinajstić information content (AvgIpc) is 3.46. The fourth-order valence-electron chi connectivity index (χ4n) is 10.5. The van der Waals surface area contributed by atoms with Crippen LogP contribution in [0.15, 0.2) is 47.5 Å². The number of carboxylic acids is 2. The van der Waals surface area contributed by atoms with Crippen LogP contribution in [0.3, 0.4) is 0 Å². The van der Waals surface area contributed by atoms with Gasteiger partial charge in [0, 0.05) is 88.1 Å². The summed E-state index contributed by atoms with van der Waals surface area (Å²) in [6, 6.07) is 16.4. The van der Waals surface area contributed by atoms with Crippen molar-refractivity contribution in [3.8, 4) is 12.1 Å². The summed E-state index contributed by atoms with van der Waals surface area (Å²) in [5, 5.41) is 34.9. The van der Waals surface area contributed by atoms with E-state index in [-0.39, 0.29) is 23.5 Å². The molecule has 0 aliphatic carbocycles. The lowest BCUT2D eigenvalue weighted by atomic mass is 9.89. The molecular formula is C60H76N8O10. The van der Waals surface area contributed by atoms with E-state index < -0.39 is 30.2 Å². The zero-order valence-electron chi connectivity index (χ0n) is 45.8. The maximum atomic E-state index is 12.3. The lowest BCUT2D eigenvalue weighted by molar-refractivity contribution is -0.135. The van der Waals surface area contributed by atoms with Crippen LogP contribution in [-0.2, 0) is 67.2 Å². The molecule has 6 aliphatic rings. The number of hydrogen-bond acceptors (Lipinski definition) is 14. The van der Waals surface area contributed by atoms with Gasteiger partial charge in [-0.1, -0.05) is 0 Å². The topological polar surface area (TPSA) is 253 Å². The Bertz CT molecular complexity index is 2700. The molecule has 0 spiro atoms. The third-order valence-corrected chi connectivity index (χ3v) is 13.5. The van der Waals surface area contributed by atoms with Gasteiger partial charge in [-0.15, -0.1) is 0 Å². The lowest BCUT2D eigenvalue weighted by Crippen LogP contribution is -2.34. The fourth-order valence-corrected chi connectivity index (χ4v) is 10.5. The second-order valence-corrected chi connectivity index (χ2v) is 20.6. The summed E-state index contributed by atoms with van der Waals surface area (Å²) in [7, 11) is 0.